The van der Waals surface area contributed by atoms with Crippen molar-refractivity contribution in [2.45, 2.75) is 0 Å². The number of hydrogen-bond acceptors (Lipinski definition) is 4. The molecule has 0 fully saturated rings. The van der Waals surface area contributed by atoms with Crippen LogP contribution in [0.1, 0.15) is 15.2 Å². The van der Waals surface area contributed by atoms with Crippen LogP contribution in [0.3, 0.4) is 0 Å². The number of carboxylic acids is 1. The predicted molar refractivity (Wildman–Crippen MR) is 58.8 cm³/mol. The van der Waals surface area contributed by atoms with E-state index in [-0.39, 0.29) is 16.4 Å². The molecule has 0 aliphatic heterocycles. The van der Waals surface area contributed by atoms with Crippen molar-refractivity contribution in [2.24, 2.45) is 9.98 Å². The van der Waals surface area contributed by atoms with Crippen LogP contribution in [0.4, 0.5) is 5.69 Å². The number of thiophene rings is 1. The number of carboxylic acid groups (broad SMARTS) is 1. The molecule has 0 saturated carbocycles. The third kappa shape index (κ3) is 1.83. The number of rotatable bonds is 3. The van der Waals surface area contributed by atoms with Gasteiger partial charge in [0.1, 0.15) is 5.17 Å². The first-order chi connectivity index (χ1) is 6.61. The minimum absolute atomic E-state index is 0.0989. The van der Waals surface area contributed by atoms with Crippen molar-refractivity contribution in [1.82, 2.24) is 0 Å². The SMILES string of the molecule is C=Nc1c(C(=O)O)csc1C(Cl)=NC. The number of nitrogens with zero attached hydrogens (tertiary/aromatic N) is 2. The highest BCUT2D eigenvalue weighted by atomic mass is 35.5. The van der Waals surface area contributed by atoms with E-state index >= 15 is 0 Å². The van der Waals surface area contributed by atoms with Gasteiger partial charge in [-0.1, -0.05) is 11.6 Å². The van der Waals surface area contributed by atoms with Crippen molar-refractivity contribution < 1.29 is 9.90 Å². The molecule has 0 aliphatic carbocycles. The second-order valence-corrected chi connectivity index (χ2v) is 3.54. The van der Waals surface area contributed by atoms with Crippen LogP contribution >= 0.6 is 22.9 Å². The van der Waals surface area contributed by atoms with Gasteiger partial charge in [0.2, 0.25) is 0 Å². The maximum absolute atomic E-state index is 10.7. The standard InChI is InChI=1S/C8H7ClN2O2S/c1-10-5-4(8(12)13)3-14-6(5)7(9)11-2/h3H,1H2,2H3,(H,12,13). The lowest BCUT2D eigenvalue weighted by Crippen LogP contribution is -1.95. The molecule has 0 spiro atoms. The fourth-order valence-corrected chi connectivity index (χ4v) is 2.05. The Balaban J connectivity index is 3.34. The fourth-order valence-electron chi connectivity index (χ4n) is 0.908. The van der Waals surface area contributed by atoms with Gasteiger partial charge < -0.3 is 5.11 Å². The van der Waals surface area contributed by atoms with E-state index in [0.29, 0.717) is 4.88 Å². The van der Waals surface area contributed by atoms with Gasteiger partial charge in [0.15, 0.2) is 0 Å². The van der Waals surface area contributed by atoms with E-state index in [1.807, 2.05) is 0 Å². The van der Waals surface area contributed by atoms with E-state index in [0.717, 1.165) is 0 Å². The molecule has 1 aromatic heterocycles. The molecule has 6 heteroatoms. The van der Waals surface area contributed by atoms with Crippen molar-refractivity contribution in [3.8, 4) is 0 Å². The summed E-state index contributed by atoms with van der Waals surface area (Å²) in [5.74, 6) is -1.05. The summed E-state index contributed by atoms with van der Waals surface area (Å²) in [7, 11) is 1.52. The van der Waals surface area contributed by atoms with Crippen LogP contribution in [0.2, 0.25) is 0 Å². The smallest absolute Gasteiger partial charge is 0.338 e. The summed E-state index contributed by atoms with van der Waals surface area (Å²) in [5, 5.41) is 10.5. The normalized spacial score (nSPS) is 11.4. The van der Waals surface area contributed by atoms with Crippen LogP contribution in [0.15, 0.2) is 15.4 Å². The van der Waals surface area contributed by atoms with Crippen molar-refractivity contribution in [3.63, 3.8) is 0 Å². The summed E-state index contributed by atoms with van der Waals surface area (Å²) in [5.41, 5.74) is 0.375. The molecule has 1 heterocycles. The molecule has 0 saturated heterocycles. The Labute approximate surface area is 89.6 Å². The fraction of sp³-hybridized carbons (Fsp3) is 0.125. The summed E-state index contributed by atoms with van der Waals surface area (Å²) in [6.45, 7) is 3.30. The van der Waals surface area contributed by atoms with Gasteiger partial charge in [0.05, 0.1) is 16.1 Å². The largest absolute Gasteiger partial charge is 0.478 e. The molecule has 4 nitrogen and oxygen atoms in total. The lowest BCUT2D eigenvalue weighted by molar-refractivity contribution is 0.0698. The summed E-state index contributed by atoms with van der Waals surface area (Å²) in [4.78, 5) is 18.7. The molecular weight excluding hydrogens is 224 g/mol. The van der Waals surface area contributed by atoms with Crippen LogP contribution in [0, 0.1) is 0 Å². The van der Waals surface area contributed by atoms with Crippen LogP contribution in [0.25, 0.3) is 0 Å². The monoisotopic (exact) mass is 230 g/mol. The zero-order valence-electron chi connectivity index (χ0n) is 7.32. The van der Waals surface area contributed by atoms with Crippen molar-refractivity contribution in [2.75, 3.05) is 7.05 Å². The number of hydrogen-bond donors (Lipinski definition) is 1. The number of halogens is 1. The summed E-state index contributed by atoms with van der Waals surface area (Å²) in [6.07, 6.45) is 0. The number of aromatic carboxylic acids is 1. The first-order valence-corrected chi connectivity index (χ1v) is 4.81. The van der Waals surface area contributed by atoms with Crippen LogP contribution < -0.4 is 0 Å². The van der Waals surface area contributed by atoms with Gasteiger partial charge in [-0.25, -0.2) is 4.79 Å². The van der Waals surface area contributed by atoms with Crippen LogP contribution in [0.5, 0.6) is 0 Å². The summed E-state index contributed by atoms with van der Waals surface area (Å²) in [6, 6.07) is 0. The van der Waals surface area contributed by atoms with Crippen molar-refractivity contribution >= 4 is 46.5 Å². The average molecular weight is 231 g/mol. The Bertz CT molecular complexity index is 411. The van der Waals surface area contributed by atoms with E-state index in [2.05, 4.69) is 16.7 Å². The van der Waals surface area contributed by atoms with Gasteiger partial charge in [0, 0.05) is 12.4 Å². The molecule has 0 unspecified atom stereocenters. The zero-order chi connectivity index (χ0) is 10.7. The molecule has 1 N–H and O–H groups in total. The molecule has 14 heavy (non-hydrogen) atoms. The zero-order valence-corrected chi connectivity index (χ0v) is 8.89. The molecule has 0 aromatic carbocycles. The summed E-state index contributed by atoms with van der Waals surface area (Å²) >= 11 is 6.96. The van der Waals surface area contributed by atoms with E-state index in [1.165, 1.54) is 23.8 Å². The van der Waals surface area contributed by atoms with E-state index in [4.69, 9.17) is 16.7 Å². The molecule has 74 valence electrons. The second kappa shape index (κ2) is 4.34. The molecule has 1 rings (SSSR count). The Morgan fingerprint density at radius 2 is 2.36 bits per heavy atom. The molecule has 0 radical (unpaired) electrons. The molecule has 0 amide bonds. The van der Waals surface area contributed by atoms with Gasteiger partial charge in [-0.3, -0.25) is 9.98 Å². The highest BCUT2D eigenvalue weighted by Gasteiger charge is 2.18. The topological polar surface area (TPSA) is 62.0 Å². The molecule has 0 aliphatic rings. The first-order valence-electron chi connectivity index (χ1n) is 3.56. The lowest BCUT2D eigenvalue weighted by atomic mass is 10.2. The highest BCUT2D eigenvalue weighted by Crippen LogP contribution is 2.32. The Hall–Kier alpha value is -1.20. The van der Waals surface area contributed by atoms with Crippen molar-refractivity contribution in [1.29, 1.82) is 0 Å². The third-order valence-corrected chi connectivity index (χ3v) is 2.98. The highest BCUT2D eigenvalue weighted by molar-refractivity contribution is 7.15. The van der Waals surface area contributed by atoms with Gasteiger partial charge in [-0.2, -0.15) is 0 Å². The first kappa shape index (κ1) is 10.9. The van der Waals surface area contributed by atoms with Gasteiger partial charge in [-0.15, -0.1) is 11.3 Å². The quantitative estimate of drug-likeness (QED) is 0.811. The Morgan fingerprint density at radius 1 is 1.71 bits per heavy atom. The molecule has 1 aromatic rings. The van der Waals surface area contributed by atoms with E-state index in [1.54, 1.807) is 0 Å². The van der Waals surface area contributed by atoms with Crippen LogP contribution in [-0.4, -0.2) is 30.0 Å². The van der Waals surface area contributed by atoms with Gasteiger partial charge in [0.25, 0.3) is 0 Å². The average Bonchev–Trinajstić information content (AvgIpc) is 2.59. The van der Waals surface area contributed by atoms with Gasteiger partial charge in [-0.05, 0) is 6.72 Å². The Morgan fingerprint density at radius 3 is 2.79 bits per heavy atom. The predicted octanol–water partition coefficient (Wildman–Crippen LogP) is 2.39. The minimum atomic E-state index is -1.05. The lowest BCUT2D eigenvalue weighted by Gasteiger charge is -1.96. The summed E-state index contributed by atoms with van der Waals surface area (Å²) < 4.78 is 0. The molecular formula is C8H7ClN2O2S. The maximum atomic E-state index is 10.7. The minimum Gasteiger partial charge on any atom is -0.478 e. The van der Waals surface area contributed by atoms with Crippen molar-refractivity contribution in [3.05, 3.63) is 15.8 Å². The molecule has 0 bridgehead atoms. The van der Waals surface area contributed by atoms with E-state index in [9.17, 15) is 4.79 Å². The number of carbonyl (C=O) groups is 1. The van der Waals surface area contributed by atoms with E-state index < -0.39 is 5.97 Å². The third-order valence-electron chi connectivity index (χ3n) is 1.54. The Kier molecular flexibility index (Phi) is 3.38. The van der Waals surface area contributed by atoms with Crippen LogP contribution in [-0.2, 0) is 0 Å². The molecule has 0 atom stereocenters. The second-order valence-electron chi connectivity index (χ2n) is 2.30. The number of aliphatic imine (C=N–C) groups is 2. The van der Waals surface area contributed by atoms with Gasteiger partial charge >= 0.3 is 5.97 Å². The maximum Gasteiger partial charge on any atom is 0.338 e.